The summed E-state index contributed by atoms with van der Waals surface area (Å²) in [7, 11) is 0. The maximum absolute atomic E-state index is 5.37. The number of rotatable bonds is 1. The van der Waals surface area contributed by atoms with E-state index >= 15 is 0 Å². The highest BCUT2D eigenvalue weighted by Crippen LogP contribution is 2.26. The molecular formula is C8H11BrClNOS. The van der Waals surface area contributed by atoms with Crippen molar-refractivity contribution >= 4 is 39.7 Å². The lowest BCUT2D eigenvalue weighted by atomic mass is 10.2. The van der Waals surface area contributed by atoms with Gasteiger partial charge in [0.15, 0.2) is 0 Å². The highest BCUT2D eigenvalue weighted by atomic mass is 79.9. The molecule has 0 saturated carbocycles. The third-order valence-corrected chi connectivity index (χ3v) is 3.66. The molecule has 0 bridgehead atoms. The number of nitrogens with one attached hydrogen (secondary N) is 1. The molecule has 1 fully saturated rings. The molecule has 0 aliphatic carbocycles. The molecule has 0 unspecified atom stereocenters. The van der Waals surface area contributed by atoms with Crippen molar-refractivity contribution in [3.05, 3.63) is 20.8 Å². The van der Waals surface area contributed by atoms with Crippen LogP contribution in [0.25, 0.3) is 0 Å². The Labute approximate surface area is 96.2 Å². The van der Waals surface area contributed by atoms with Crippen LogP contribution < -0.4 is 5.32 Å². The van der Waals surface area contributed by atoms with Crippen molar-refractivity contribution in [1.29, 1.82) is 0 Å². The largest absolute Gasteiger partial charge is 0.378 e. The number of morpholine rings is 1. The third kappa shape index (κ3) is 2.92. The summed E-state index contributed by atoms with van der Waals surface area (Å²) >= 11 is 5.21. The van der Waals surface area contributed by atoms with Gasteiger partial charge in [0, 0.05) is 21.3 Å². The zero-order valence-electron chi connectivity index (χ0n) is 6.96. The second-order valence-corrected chi connectivity index (χ2v) is 4.61. The second kappa shape index (κ2) is 5.32. The van der Waals surface area contributed by atoms with E-state index in [9.17, 15) is 0 Å². The minimum absolute atomic E-state index is 0. The Morgan fingerprint density at radius 2 is 2.46 bits per heavy atom. The fourth-order valence-corrected chi connectivity index (χ4v) is 2.77. The van der Waals surface area contributed by atoms with Gasteiger partial charge < -0.3 is 10.1 Å². The van der Waals surface area contributed by atoms with Gasteiger partial charge in [-0.15, -0.1) is 23.7 Å². The molecule has 0 amide bonds. The van der Waals surface area contributed by atoms with E-state index in [0.29, 0.717) is 6.04 Å². The molecule has 5 heteroatoms. The van der Waals surface area contributed by atoms with E-state index in [-0.39, 0.29) is 12.4 Å². The lowest BCUT2D eigenvalue weighted by Crippen LogP contribution is -2.33. The third-order valence-electron chi connectivity index (χ3n) is 1.85. The first-order chi connectivity index (χ1) is 5.86. The maximum Gasteiger partial charge on any atom is 0.0670 e. The molecule has 1 aliphatic rings. The van der Waals surface area contributed by atoms with E-state index in [0.717, 1.165) is 24.2 Å². The summed E-state index contributed by atoms with van der Waals surface area (Å²) in [6.45, 7) is 2.59. The molecule has 2 nitrogen and oxygen atoms in total. The van der Waals surface area contributed by atoms with Gasteiger partial charge in [0.2, 0.25) is 0 Å². The summed E-state index contributed by atoms with van der Waals surface area (Å²) in [6.07, 6.45) is 0. The fraction of sp³-hybridized carbons (Fsp3) is 0.500. The van der Waals surface area contributed by atoms with Crippen molar-refractivity contribution in [2.45, 2.75) is 6.04 Å². The monoisotopic (exact) mass is 283 g/mol. The topological polar surface area (TPSA) is 21.3 Å². The van der Waals surface area contributed by atoms with Crippen LogP contribution in [-0.2, 0) is 4.74 Å². The molecule has 74 valence electrons. The summed E-state index contributed by atoms with van der Waals surface area (Å²) in [6, 6.07) is 2.55. The first-order valence-corrected chi connectivity index (χ1v) is 5.58. The summed E-state index contributed by atoms with van der Waals surface area (Å²) in [5.74, 6) is 0. The molecule has 0 spiro atoms. The molecule has 1 atom stereocenters. The molecule has 2 rings (SSSR count). The average molecular weight is 285 g/mol. The molecular weight excluding hydrogens is 274 g/mol. The van der Waals surface area contributed by atoms with E-state index < -0.39 is 0 Å². The van der Waals surface area contributed by atoms with Crippen molar-refractivity contribution in [1.82, 2.24) is 5.32 Å². The van der Waals surface area contributed by atoms with Gasteiger partial charge in [-0.1, -0.05) is 0 Å². The van der Waals surface area contributed by atoms with Crippen molar-refractivity contribution in [2.24, 2.45) is 0 Å². The predicted octanol–water partition coefficient (Wildman–Crippen LogP) is 2.59. The number of hydrogen-bond acceptors (Lipinski definition) is 3. The van der Waals surface area contributed by atoms with Gasteiger partial charge in [-0.05, 0) is 22.0 Å². The van der Waals surface area contributed by atoms with Gasteiger partial charge in [0.1, 0.15) is 0 Å². The van der Waals surface area contributed by atoms with Crippen molar-refractivity contribution < 1.29 is 4.74 Å². The summed E-state index contributed by atoms with van der Waals surface area (Å²) in [5, 5.41) is 5.52. The standard InChI is InChI=1S/C8H10BrNOS.ClH/c9-6-3-8(12-5-6)7-4-11-2-1-10-7;/h3,5,7,10H,1-2,4H2;1H/t7-;/m0./s1. The molecule has 1 aromatic heterocycles. The van der Waals surface area contributed by atoms with E-state index in [1.54, 1.807) is 11.3 Å². The lowest BCUT2D eigenvalue weighted by Gasteiger charge is -2.22. The predicted molar refractivity (Wildman–Crippen MR) is 60.8 cm³/mol. The first-order valence-electron chi connectivity index (χ1n) is 3.91. The molecule has 13 heavy (non-hydrogen) atoms. The van der Waals surface area contributed by atoms with Gasteiger partial charge in [-0.2, -0.15) is 0 Å². The molecule has 1 saturated heterocycles. The highest BCUT2D eigenvalue weighted by molar-refractivity contribution is 9.10. The molecule has 1 N–H and O–H groups in total. The Kier molecular flexibility index (Phi) is 4.69. The van der Waals surface area contributed by atoms with Crippen LogP contribution in [0.15, 0.2) is 15.9 Å². The van der Waals surface area contributed by atoms with Crippen LogP contribution in [0.5, 0.6) is 0 Å². The van der Waals surface area contributed by atoms with E-state index in [1.165, 1.54) is 4.88 Å². The normalized spacial score (nSPS) is 22.4. The van der Waals surface area contributed by atoms with Crippen molar-refractivity contribution in [3.63, 3.8) is 0 Å². The number of ether oxygens (including phenoxy) is 1. The van der Waals surface area contributed by atoms with E-state index in [2.05, 4.69) is 32.7 Å². The first kappa shape index (κ1) is 11.5. The zero-order chi connectivity index (χ0) is 8.39. The van der Waals surface area contributed by atoms with Crippen LogP contribution >= 0.6 is 39.7 Å². The van der Waals surface area contributed by atoms with Crippen LogP contribution in [0.3, 0.4) is 0 Å². The smallest absolute Gasteiger partial charge is 0.0670 e. The Hall–Kier alpha value is 0.390. The van der Waals surface area contributed by atoms with E-state index in [4.69, 9.17) is 4.74 Å². The summed E-state index contributed by atoms with van der Waals surface area (Å²) in [4.78, 5) is 1.35. The minimum atomic E-state index is 0. The molecule has 1 aromatic rings. The number of hydrogen-bond donors (Lipinski definition) is 1. The van der Waals surface area contributed by atoms with E-state index in [1.807, 2.05) is 0 Å². The molecule has 2 heterocycles. The number of halogens is 2. The highest BCUT2D eigenvalue weighted by Gasteiger charge is 2.16. The Morgan fingerprint density at radius 1 is 1.62 bits per heavy atom. The van der Waals surface area contributed by atoms with Gasteiger partial charge in [-0.25, -0.2) is 0 Å². The van der Waals surface area contributed by atoms with Crippen LogP contribution in [0.1, 0.15) is 10.9 Å². The SMILES string of the molecule is Brc1csc([C@@H]2COCCN2)c1.Cl. The lowest BCUT2D eigenvalue weighted by molar-refractivity contribution is 0.0779. The van der Waals surface area contributed by atoms with Crippen molar-refractivity contribution in [3.8, 4) is 0 Å². The van der Waals surface area contributed by atoms with Gasteiger partial charge >= 0.3 is 0 Å². The number of thiophene rings is 1. The Bertz CT molecular complexity index is 262. The van der Waals surface area contributed by atoms with Gasteiger partial charge in [0.05, 0.1) is 19.3 Å². The summed E-state index contributed by atoms with van der Waals surface area (Å²) < 4.78 is 6.54. The quantitative estimate of drug-likeness (QED) is 0.856. The molecule has 0 radical (unpaired) electrons. The molecule has 1 aliphatic heterocycles. The average Bonchev–Trinajstić information content (AvgIpc) is 2.54. The summed E-state index contributed by atoms with van der Waals surface area (Å²) in [5.41, 5.74) is 0. The second-order valence-electron chi connectivity index (χ2n) is 2.75. The molecule has 0 aromatic carbocycles. The van der Waals surface area contributed by atoms with Gasteiger partial charge in [-0.3, -0.25) is 0 Å². The van der Waals surface area contributed by atoms with Crippen LogP contribution in [0, 0.1) is 0 Å². The van der Waals surface area contributed by atoms with Gasteiger partial charge in [0.25, 0.3) is 0 Å². The van der Waals surface area contributed by atoms with Crippen LogP contribution in [0.4, 0.5) is 0 Å². The van der Waals surface area contributed by atoms with Crippen LogP contribution in [0.2, 0.25) is 0 Å². The van der Waals surface area contributed by atoms with Crippen molar-refractivity contribution in [2.75, 3.05) is 19.8 Å². The fourth-order valence-electron chi connectivity index (χ4n) is 1.26. The Morgan fingerprint density at radius 3 is 3.00 bits per heavy atom. The minimum Gasteiger partial charge on any atom is -0.378 e. The zero-order valence-corrected chi connectivity index (χ0v) is 10.2. The maximum atomic E-state index is 5.37. The Balaban J connectivity index is 0.000000845. The van der Waals surface area contributed by atoms with Crippen LogP contribution in [-0.4, -0.2) is 19.8 Å².